The minimum Gasteiger partial charge on any atom is -0.383 e. The molecule has 0 aromatic rings. The first-order valence-electron chi connectivity index (χ1n) is 6.25. The number of methoxy groups -OCH3 is 1. The van der Waals surface area contributed by atoms with Gasteiger partial charge in [-0.25, -0.2) is 0 Å². The average molecular weight is 229 g/mol. The Hall–Kier alpha value is -0.410. The predicted molar refractivity (Wildman–Crippen MR) is 67.6 cm³/mol. The SMILES string of the molecule is CCC(C)C(=O)CN(CCOC)CC(C)C. The lowest BCUT2D eigenvalue weighted by atomic mass is 10.0. The normalized spacial score (nSPS) is 13.4. The zero-order valence-electron chi connectivity index (χ0n) is 11.5. The Bertz CT molecular complexity index is 192. The first-order chi connectivity index (χ1) is 7.51. The van der Waals surface area contributed by atoms with Crippen LogP contribution in [0.15, 0.2) is 0 Å². The van der Waals surface area contributed by atoms with E-state index in [1.165, 1.54) is 0 Å². The van der Waals surface area contributed by atoms with Gasteiger partial charge in [0.2, 0.25) is 0 Å². The summed E-state index contributed by atoms with van der Waals surface area (Å²) >= 11 is 0. The van der Waals surface area contributed by atoms with E-state index in [0.29, 0.717) is 24.9 Å². The highest BCUT2D eigenvalue weighted by Gasteiger charge is 2.16. The smallest absolute Gasteiger partial charge is 0.149 e. The van der Waals surface area contributed by atoms with Crippen molar-refractivity contribution >= 4 is 5.78 Å². The molecular weight excluding hydrogens is 202 g/mol. The van der Waals surface area contributed by atoms with Gasteiger partial charge in [-0.1, -0.05) is 27.7 Å². The lowest BCUT2D eigenvalue weighted by Gasteiger charge is -2.24. The van der Waals surface area contributed by atoms with Crippen LogP contribution in [-0.2, 0) is 9.53 Å². The molecule has 0 radical (unpaired) electrons. The Labute approximate surface area is 100 Å². The summed E-state index contributed by atoms with van der Waals surface area (Å²) in [5.41, 5.74) is 0. The molecule has 0 saturated carbocycles. The van der Waals surface area contributed by atoms with Crippen LogP contribution in [0.2, 0.25) is 0 Å². The van der Waals surface area contributed by atoms with Gasteiger partial charge >= 0.3 is 0 Å². The maximum atomic E-state index is 11.8. The summed E-state index contributed by atoms with van der Waals surface area (Å²) in [5.74, 6) is 1.11. The zero-order chi connectivity index (χ0) is 12.6. The van der Waals surface area contributed by atoms with Gasteiger partial charge in [0.25, 0.3) is 0 Å². The van der Waals surface area contributed by atoms with Crippen molar-refractivity contribution in [3.63, 3.8) is 0 Å². The molecule has 0 aliphatic rings. The van der Waals surface area contributed by atoms with Crippen molar-refractivity contribution in [1.82, 2.24) is 4.90 Å². The molecule has 0 saturated heterocycles. The maximum Gasteiger partial charge on any atom is 0.149 e. The van der Waals surface area contributed by atoms with Gasteiger partial charge in [-0.2, -0.15) is 0 Å². The molecule has 0 aliphatic carbocycles. The van der Waals surface area contributed by atoms with Crippen molar-refractivity contribution in [2.45, 2.75) is 34.1 Å². The molecular formula is C13H27NO2. The van der Waals surface area contributed by atoms with Crippen molar-refractivity contribution in [3.8, 4) is 0 Å². The van der Waals surface area contributed by atoms with Crippen LogP contribution < -0.4 is 0 Å². The van der Waals surface area contributed by atoms with E-state index in [9.17, 15) is 4.79 Å². The Morgan fingerprint density at radius 3 is 2.38 bits per heavy atom. The predicted octanol–water partition coefficient (Wildman–Crippen LogP) is 2.21. The van der Waals surface area contributed by atoms with E-state index in [2.05, 4.69) is 25.7 Å². The van der Waals surface area contributed by atoms with Gasteiger partial charge in [-0.05, 0) is 12.3 Å². The summed E-state index contributed by atoms with van der Waals surface area (Å²) in [5, 5.41) is 0. The van der Waals surface area contributed by atoms with Gasteiger partial charge in [0, 0.05) is 26.1 Å². The van der Waals surface area contributed by atoms with Gasteiger partial charge in [0.1, 0.15) is 5.78 Å². The minimum atomic E-state index is 0.178. The molecule has 3 heteroatoms. The molecule has 0 aromatic carbocycles. The molecule has 0 fully saturated rings. The van der Waals surface area contributed by atoms with Crippen molar-refractivity contribution in [1.29, 1.82) is 0 Å². The fraction of sp³-hybridized carbons (Fsp3) is 0.923. The summed E-state index contributed by atoms with van der Waals surface area (Å²) in [7, 11) is 1.70. The van der Waals surface area contributed by atoms with Gasteiger partial charge in [-0.3, -0.25) is 9.69 Å². The molecule has 0 rings (SSSR count). The third-order valence-corrected chi connectivity index (χ3v) is 2.78. The lowest BCUT2D eigenvalue weighted by Crippen LogP contribution is -2.37. The molecule has 0 amide bonds. The number of nitrogens with zero attached hydrogens (tertiary/aromatic N) is 1. The number of carbonyl (C=O) groups is 1. The van der Waals surface area contributed by atoms with Crippen LogP contribution >= 0.6 is 0 Å². The highest BCUT2D eigenvalue weighted by molar-refractivity contribution is 5.82. The summed E-state index contributed by atoms with van der Waals surface area (Å²) in [6, 6.07) is 0. The van der Waals surface area contributed by atoms with Gasteiger partial charge in [0.15, 0.2) is 0 Å². The second kappa shape index (κ2) is 8.71. The van der Waals surface area contributed by atoms with Crippen molar-refractivity contribution in [3.05, 3.63) is 0 Å². The Morgan fingerprint density at radius 1 is 1.31 bits per heavy atom. The Balaban J connectivity index is 4.13. The maximum absolute atomic E-state index is 11.8. The van der Waals surface area contributed by atoms with E-state index in [-0.39, 0.29) is 5.92 Å². The highest BCUT2D eigenvalue weighted by atomic mass is 16.5. The highest BCUT2D eigenvalue weighted by Crippen LogP contribution is 2.06. The molecule has 0 aliphatic heterocycles. The van der Waals surface area contributed by atoms with Crippen molar-refractivity contribution in [2.75, 3.05) is 33.4 Å². The second-order valence-electron chi connectivity index (χ2n) is 4.90. The van der Waals surface area contributed by atoms with Crippen LogP contribution in [0, 0.1) is 11.8 Å². The van der Waals surface area contributed by atoms with E-state index in [4.69, 9.17) is 4.74 Å². The van der Waals surface area contributed by atoms with E-state index in [1.54, 1.807) is 7.11 Å². The molecule has 0 heterocycles. The first kappa shape index (κ1) is 15.6. The quantitative estimate of drug-likeness (QED) is 0.607. The molecule has 1 atom stereocenters. The van der Waals surface area contributed by atoms with Crippen molar-refractivity contribution in [2.24, 2.45) is 11.8 Å². The monoisotopic (exact) mass is 229 g/mol. The molecule has 16 heavy (non-hydrogen) atoms. The number of ether oxygens (including phenoxy) is 1. The third kappa shape index (κ3) is 6.96. The number of rotatable bonds is 9. The zero-order valence-corrected chi connectivity index (χ0v) is 11.5. The summed E-state index contributed by atoms with van der Waals surface area (Å²) < 4.78 is 5.07. The van der Waals surface area contributed by atoms with Gasteiger partial charge in [-0.15, -0.1) is 0 Å². The van der Waals surface area contributed by atoms with Crippen LogP contribution in [0.3, 0.4) is 0 Å². The molecule has 0 spiro atoms. The van der Waals surface area contributed by atoms with Crippen molar-refractivity contribution < 1.29 is 9.53 Å². The summed E-state index contributed by atoms with van der Waals surface area (Å²) in [6.45, 7) is 11.5. The number of Topliss-reactive ketones (excluding diaryl/α,β-unsaturated/α-hetero) is 1. The molecule has 0 aromatic heterocycles. The summed E-state index contributed by atoms with van der Waals surface area (Å²) in [6.07, 6.45) is 0.929. The van der Waals surface area contributed by atoms with Crippen LogP contribution in [0.4, 0.5) is 0 Å². The lowest BCUT2D eigenvalue weighted by molar-refractivity contribution is -0.123. The van der Waals surface area contributed by atoms with E-state index in [0.717, 1.165) is 19.5 Å². The van der Waals surface area contributed by atoms with E-state index in [1.807, 2.05) is 6.92 Å². The molecule has 0 bridgehead atoms. The van der Waals surface area contributed by atoms with Crippen LogP contribution in [-0.4, -0.2) is 44.0 Å². The number of hydrogen-bond acceptors (Lipinski definition) is 3. The number of ketones is 1. The largest absolute Gasteiger partial charge is 0.383 e. The molecule has 0 N–H and O–H groups in total. The molecule has 3 nitrogen and oxygen atoms in total. The Kier molecular flexibility index (Phi) is 8.49. The summed E-state index contributed by atoms with van der Waals surface area (Å²) in [4.78, 5) is 14.0. The van der Waals surface area contributed by atoms with Gasteiger partial charge < -0.3 is 4.74 Å². The van der Waals surface area contributed by atoms with Crippen LogP contribution in [0.5, 0.6) is 0 Å². The third-order valence-electron chi connectivity index (χ3n) is 2.78. The van der Waals surface area contributed by atoms with Crippen LogP contribution in [0.25, 0.3) is 0 Å². The first-order valence-corrected chi connectivity index (χ1v) is 6.25. The fourth-order valence-electron chi connectivity index (χ4n) is 1.58. The number of carbonyl (C=O) groups excluding carboxylic acids is 1. The standard InChI is InChI=1S/C13H27NO2/c1-6-12(4)13(15)10-14(7-8-16-5)9-11(2)3/h11-12H,6-10H2,1-5H3. The van der Waals surface area contributed by atoms with Gasteiger partial charge in [0.05, 0.1) is 13.2 Å². The van der Waals surface area contributed by atoms with Crippen LogP contribution in [0.1, 0.15) is 34.1 Å². The topological polar surface area (TPSA) is 29.5 Å². The Morgan fingerprint density at radius 2 is 1.94 bits per heavy atom. The second-order valence-corrected chi connectivity index (χ2v) is 4.90. The average Bonchev–Trinajstić information content (AvgIpc) is 2.23. The van der Waals surface area contributed by atoms with E-state index < -0.39 is 0 Å². The number of hydrogen-bond donors (Lipinski definition) is 0. The van der Waals surface area contributed by atoms with E-state index >= 15 is 0 Å². The molecule has 96 valence electrons. The fourth-order valence-corrected chi connectivity index (χ4v) is 1.58. The molecule has 1 unspecified atom stereocenters. The minimum absolute atomic E-state index is 0.178.